The van der Waals surface area contributed by atoms with E-state index in [-0.39, 0.29) is 5.41 Å². The zero-order valence-corrected chi connectivity index (χ0v) is 11.6. The van der Waals surface area contributed by atoms with Gasteiger partial charge in [-0.3, -0.25) is 0 Å². The number of thioether (sulfide) groups is 1. The molecule has 0 radical (unpaired) electrons. The van der Waals surface area contributed by atoms with E-state index in [2.05, 4.69) is 19.1 Å². The summed E-state index contributed by atoms with van der Waals surface area (Å²) in [6, 6.07) is 10.6. The van der Waals surface area contributed by atoms with Gasteiger partial charge < -0.3 is 4.74 Å². The molecule has 2 nitrogen and oxygen atoms in total. The third-order valence-electron chi connectivity index (χ3n) is 3.39. The van der Waals surface area contributed by atoms with E-state index in [1.807, 2.05) is 30.0 Å². The Morgan fingerprint density at radius 1 is 1.44 bits per heavy atom. The van der Waals surface area contributed by atoms with Crippen molar-refractivity contribution in [3.63, 3.8) is 0 Å². The van der Waals surface area contributed by atoms with Crippen molar-refractivity contribution in [2.75, 3.05) is 18.1 Å². The molecule has 1 atom stereocenters. The van der Waals surface area contributed by atoms with Crippen molar-refractivity contribution in [2.45, 2.75) is 26.2 Å². The molecule has 0 spiro atoms. The molecule has 1 aliphatic rings. The van der Waals surface area contributed by atoms with Crippen LogP contribution in [-0.4, -0.2) is 18.1 Å². The Morgan fingerprint density at radius 2 is 2.28 bits per heavy atom. The van der Waals surface area contributed by atoms with Gasteiger partial charge in [-0.05, 0) is 42.4 Å². The van der Waals surface area contributed by atoms with Gasteiger partial charge in [-0.1, -0.05) is 25.1 Å². The van der Waals surface area contributed by atoms with E-state index in [4.69, 9.17) is 4.74 Å². The minimum Gasteiger partial charge on any atom is -0.492 e. The molecule has 3 heteroatoms. The molecule has 1 heterocycles. The highest BCUT2D eigenvalue weighted by molar-refractivity contribution is 7.99. The maximum absolute atomic E-state index is 9.49. The lowest BCUT2D eigenvalue weighted by Crippen LogP contribution is -2.33. The van der Waals surface area contributed by atoms with E-state index >= 15 is 0 Å². The molecule has 96 valence electrons. The van der Waals surface area contributed by atoms with Crippen LogP contribution >= 0.6 is 11.8 Å². The molecular weight excluding hydrogens is 242 g/mol. The second kappa shape index (κ2) is 6.15. The van der Waals surface area contributed by atoms with Gasteiger partial charge >= 0.3 is 0 Å². The predicted molar refractivity (Wildman–Crippen MR) is 75.9 cm³/mol. The summed E-state index contributed by atoms with van der Waals surface area (Å²) in [5.41, 5.74) is 0.858. The number of benzene rings is 1. The van der Waals surface area contributed by atoms with E-state index in [0.717, 1.165) is 36.5 Å². The predicted octanol–water partition coefficient (Wildman–Crippen LogP) is 3.66. The molecule has 1 aliphatic heterocycles. The molecule has 0 bridgehead atoms. The van der Waals surface area contributed by atoms with Crippen molar-refractivity contribution < 1.29 is 4.74 Å². The van der Waals surface area contributed by atoms with Crippen LogP contribution in [0, 0.1) is 16.7 Å². The molecular formula is C15H19NOS. The normalized spacial score (nSPS) is 21.8. The molecule has 0 saturated carbocycles. The molecule has 1 unspecified atom stereocenters. The van der Waals surface area contributed by atoms with Crippen LogP contribution in [0.25, 0.3) is 0 Å². The fourth-order valence-corrected chi connectivity index (χ4v) is 3.00. The van der Waals surface area contributed by atoms with Gasteiger partial charge in [0.25, 0.3) is 0 Å². The summed E-state index contributed by atoms with van der Waals surface area (Å²) in [6.07, 6.45) is 2.86. The average molecular weight is 261 g/mol. The van der Waals surface area contributed by atoms with Gasteiger partial charge in [0.05, 0.1) is 11.5 Å². The summed E-state index contributed by atoms with van der Waals surface area (Å²) in [5, 5.41) is 9.49. The molecule has 0 N–H and O–H groups in total. The van der Waals surface area contributed by atoms with Crippen LogP contribution in [0.3, 0.4) is 0 Å². The first-order valence-corrected chi connectivity index (χ1v) is 7.65. The highest BCUT2D eigenvalue weighted by Gasteiger charge is 2.35. The molecule has 2 rings (SSSR count). The van der Waals surface area contributed by atoms with Crippen LogP contribution in [0.5, 0.6) is 5.75 Å². The first-order valence-electron chi connectivity index (χ1n) is 6.49. The fraction of sp³-hybridized carbons (Fsp3) is 0.533. The zero-order valence-electron chi connectivity index (χ0n) is 10.8. The maximum Gasteiger partial charge on any atom is 0.122 e. The van der Waals surface area contributed by atoms with Crippen molar-refractivity contribution in [1.29, 1.82) is 5.26 Å². The monoisotopic (exact) mass is 261 g/mol. The number of nitriles is 1. The highest BCUT2D eigenvalue weighted by atomic mass is 32.2. The first-order chi connectivity index (χ1) is 8.79. The summed E-state index contributed by atoms with van der Waals surface area (Å²) in [6.45, 7) is 2.71. The number of rotatable bonds is 5. The van der Waals surface area contributed by atoms with Crippen LogP contribution in [0.2, 0.25) is 0 Å². The Bertz CT molecular complexity index is 440. The van der Waals surface area contributed by atoms with Crippen molar-refractivity contribution >= 4 is 11.8 Å². The minimum absolute atomic E-state index is 0.317. The van der Waals surface area contributed by atoms with Gasteiger partial charge in [0.15, 0.2) is 0 Å². The summed E-state index contributed by atoms with van der Waals surface area (Å²) < 4.78 is 5.76. The molecule has 1 aromatic carbocycles. The van der Waals surface area contributed by atoms with Crippen molar-refractivity contribution in [1.82, 2.24) is 0 Å². The zero-order chi connectivity index (χ0) is 12.8. The number of nitrogens with zero attached hydrogens (tertiary/aromatic N) is 1. The summed E-state index contributed by atoms with van der Waals surface area (Å²) >= 11 is 1.94. The van der Waals surface area contributed by atoms with Crippen LogP contribution in [0.1, 0.15) is 25.3 Å². The van der Waals surface area contributed by atoms with E-state index in [0.29, 0.717) is 6.61 Å². The van der Waals surface area contributed by atoms with Crippen molar-refractivity contribution in [3.8, 4) is 11.8 Å². The van der Waals surface area contributed by atoms with Crippen molar-refractivity contribution in [2.24, 2.45) is 5.41 Å². The van der Waals surface area contributed by atoms with Gasteiger partial charge in [-0.2, -0.15) is 17.0 Å². The Kier molecular flexibility index (Phi) is 4.54. The summed E-state index contributed by atoms with van der Waals surface area (Å²) in [5.74, 6) is 3.24. The molecule has 0 fully saturated rings. The number of hydrogen-bond acceptors (Lipinski definition) is 3. The van der Waals surface area contributed by atoms with Gasteiger partial charge in [0, 0.05) is 0 Å². The fourth-order valence-electron chi connectivity index (χ4n) is 2.37. The lowest BCUT2D eigenvalue weighted by Gasteiger charge is -2.32. The number of ether oxygens (including phenoxy) is 1. The van der Waals surface area contributed by atoms with Gasteiger partial charge in [-0.25, -0.2) is 0 Å². The van der Waals surface area contributed by atoms with Crippen LogP contribution in [0.15, 0.2) is 24.3 Å². The minimum atomic E-state index is -0.317. The number of fused-ring (bicyclic) bond motifs is 1. The second-order valence-corrected chi connectivity index (χ2v) is 6.16. The van der Waals surface area contributed by atoms with E-state index < -0.39 is 0 Å². The Balaban J connectivity index is 2.01. The third kappa shape index (κ3) is 3.00. The first kappa shape index (κ1) is 13.3. The van der Waals surface area contributed by atoms with E-state index in [1.165, 1.54) is 5.56 Å². The molecule has 0 amide bonds. The number of para-hydroxylation sites is 1. The quantitative estimate of drug-likeness (QED) is 0.758. The molecule has 0 aliphatic carbocycles. The van der Waals surface area contributed by atoms with E-state index in [9.17, 15) is 5.26 Å². The third-order valence-corrected chi connectivity index (χ3v) is 4.38. The van der Waals surface area contributed by atoms with Gasteiger partial charge in [-0.15, -0.1) is 0 Å². The molecule has 0 aromatic heterocycles. The second-order valence-electron chi connectivity index (χ2n) is 4.77. The standard InChI is InChI=1S/C15H19NOS/c1-2-18-9-5-8-15(11-16)10-13-6-3-4-7-14(13)17-12-15/h3-4,6-7H,2,5,8-10,12H2,1H3. The smallest absolute Gasteiger partial charge is 0.122 e. The molecule has 1 aromatic rings. The highest BCUT2D eigenvalue weighted by Crippen LogP contribution is 2.37. The van der Waals surface area contributed by atoms with Crippen LogP contribution in [-0.2, 0) is 6.42 Å². The summed E-state index contributed by atoms with van der Waals surface area (Å²) in [4.78, 5) is 0. The van der Waals surface area contributed by atoms with Crippen molar-refractivity contribution in [3.05, 3.63) is 29.8 Å². The van der Waals surface area contributed by atoms with Gasteiger partial charge in [0.2, 0.25) is 0 Å². The maximum atomic E-state index is 9.49. The number of hydrogen-bond donors (Lipinski definition) is 0. The Morgan fingerprint density at radius 3 is 3.06 bits per heavy atom. The lowest BCUT2D eigenvalue weighted by atomic mass is 9.78. The largest absolute Gasteiger partial charge is 0.492 e. The molecule has 0 saturated heterocycles. The van der Waals surface area contributed by atoms with E-state index in [1.54, 1.807) is 0 Å². The average Bonchev–Trinajstić information content (AvgIpc) is 2.43. The SMILES string of the molecule is CCSCCCC1(C#N)COc2ccccc2C1. The van der Waals surface area contributed by atoms with Crippen LogP contribution in [0.4, 0.5) is 0 Å². The van der Waals surface area contributed by atoms with Crippen LogP contribution < -0.4 is 4.74 Å². The summed E-state index contributed by atoms with van der Waals surface area (Å²) in [7, 11) is 0. The Labute approximate surface area is 113 Å². The topological polar surface area (TPSA) is 33.0 Å². The van der Waals surface area contributed by atoms with Gasteiger partial charge in [0.1, 0.15) is 12.4 Å². The Hall–Kier alpha value is -1.14. The molecule has 18 heavy (non-hydrogen) atoms. The lowest BCUT2D eigenvalue weighted by molar-refractivity contribution is 0.160.